The molecule has 0 aliphatic rings. The van der Waals surface area contributed by atoms with Crippen molar-refractivity contribution >= 4 is 16.7 Å². The summed E-state index contributed by atoms with van der Waals surface area (Å²) in [5, 5.41) is 4.16. The van der Waals surface area contributed by atoms with E-state index in [1.54, 1.807) is 4.68 Å². The van der Waals surface area contributed by atoms with Gasteiger partial charge in [0.25, 0.3) is 5.56 Å². The molecule has 0 unspecified atom stereocenters. The molecule has 1 N–H and O–H groups in total. The van der Waals surface area contributed by atoms with Crippen LogP contribution in [0, 0.1) is 13.8 Å². The fourth-order valence-electron chi connectivity index (χ4n) is 4.12. The van der Waals surface area contributed by atoms with Crippen LogP contribution in [0.3, 0.4) is 0 Å². The summed E-state index contributed by atoms with van der Waals surface area (Å²) in [7, 11) is 1.86. The molecule has 2 aromatic heterocycles. The third kappa shape index (κ3) is 3.69. The average Bonchev–Trinajstić information content (AvgIpc) is 2.94. The minimum absolute atomic E-state index is 0.128. The zero-order chi connectivity index (χ0) is 22.3. The fraction of sp³-hybridized carbons (Fsp3) is 0.280. The van der Waals surface area contributed by atoms with Gasteiger partial charge in [-0.1, -0.05) is 32.0 Å². The van der Waals surface area contributed by atoms with Crippen LogP contribution < -0.4 is 16.5 Å². The van der Waals surface area contributed by atoms with Gasteiger partial charge in [0.15, 0.2) is 0 Å². The van der Waals surface area contributed by atoms with Crippen LogP contribution in [0.15, 0.2) is 62.5 Å². The summed E-state index contributed by atoms with van der Waals surface area (Å²) < 4.78 is 8.91. The largest absolute Gasteiger partial charge is 0.423 e. The van der Waals surface area contributed by atoms with Crippen LogP contribution in [-0.4, -0.2) is 9.36 Å². The van der Waals surface area contributed by atoms with Gasteiger partial charge in [0, 0.05) is 25.0 Å². The van der Waals surface area contributed by atoms with E-state index in [9.17, 15) is 9.59 Å². The van der Waals surface area contributed by atoms with Crippen molar-refractivity contribution in [1.29, 1.82) is 0 Å². The highest BCUT2D eigenvalue weighted by molar-refractivity contribution is 5.82. The fourth-order valence-corrected chi connectivity index (χ4v) is 4.12. The first kappa shape index (κ1) is 20.7. The first-order chi connectivity index (χ1) is 14.8. The van der Waals surface area contributed by atoms with E-state index in [4.69, 9.17) is 4.42 Å². The molecule has 6 nitrogen and oxygen atoms in total. The first-order valence-corrected chi connectivity index (χ1v) is 10.4. The van der Waals surface area contributed by atoms with Gasteiger partial charge in [0.1, 0.15) is 11.3 Å². The number of rotatable bonds is 5. The maximum absolute atomic E-state index is 13.2. The van der Waals surface area contributed by atoms with Crippen molar-refractivity contribution in [1.82, 2.24) is 9.36 Å². The molecule has 0 amide bonds. The van der Waals surface area contributed by atoms with E-state index in [0.29, 0.717) is 23.7 Å². The van der Waals surface area contributed by atoms with Crippen molar-refractivity contribution in [3.63, 3.8) is 0 Å². The van der Waals surface area contributed by atoms with Gasteiger partial charge >= 0.3 is 5.63 Å². The zero-order valence-corrected chi connectivity index (χ0v) is 18.5. The van der Waals surface area contributed by atoms with Gasteiger partial charge in [0.2, 0.25) is 0 Å². The predicted molar refractivity (Wildman–Crippen MR) is 124 cm³/mol. The van der Waals surface area contributed by atoms with Crippen molar-refractivity contribution < 1.29 is 4.42 Å². The third-order valence-electron chi connectivity index (χ3n) is 5.85. The third-order valence-corrected chi connectivity index (χ3v) is 5.85. The number of nitrogens with zero attached hydrogens (tertiary/aromatic N) is 2. The molecule has 0 saturated carbocycles. The highest BCUT2D eigenvalue weighted by Gasteiger charge is 2.17. The number of hydrogen-bond donors (Lipinski definition) is 1. The van der Waals surface area contributed by atoms with Crippen LogP contribution in [0.5, 0.6) is 0 Å². The maximum atomic E-state index is 13.2. The summed E-state index contributed by atoms with van der Waals surface area (Å²) in [5.74, 6) is 0.353. The van der Waals surface area contributed by atoms with Crippen LogP contribution in [0.25, 0.3) is 16.7 Å². The van der Waals surface area contributed by atoms with Gasteiger partial charge in [-0.15, -0.1) is 0 Å². The lowest BCUT2D eigenvalue weighted by Gasteiger charge is -2.13. The van der Waals surface area contributed by atoms with Gasteiger partial charge in [-0.25, -0.2) is 9.48 Å². The van der Waals surface area contributed by atoms with Gasteiger partial charge in [-0.3, -0.25) is 9.48 Å². The van der Waals surface area contributed by atoms with Crippen LogP contribution in [0.1, 0.15) is 42.1 Å². The Morgan fingerprint density at radius 3 is 2.42 bits per heavy atom. The van der Waals surface area contributed by atoms with Crippen molar-refractivity contribution in [2.75, 3.05) is 5.32 Å². The summed E-state index contributed by atoms with van der Waals surface area (Å²) in [6, 6.07) is 15.0. The van der Waals surface area contributed by atoms with E-state index < -0.39 is 5.63 Å². The second kappa shape index (κ2) is 7.95. The second-order valence-corrected chi connectivity index (χ2v) is 8.24. The molecule has 6 heteroatoms. The van der Waals surface area contributed by atoms with Crippen LogP contribution >= 0.6 is 0 Å². The molecule has 4 aromatic rings. The smallest absolute Gasteiger partial charge is 0.336 e. The highest BCUT2D eigenvalue weighted by atomic mass is 16.4. The Hall–Kier alpha value is -3.54. The molecule has 0 saturated heterocycles. The van der Waals surface area contributed by atoms with E-state index in [2.05, 4.69) is 25.2 Å². The monoisotopic (exact) mass is 417 g/mol. The van der Waals surface area contributed by atoms with Crippen molar-refractivity contribution in [3.05, 3.63) is 91.7 Å². The first-order valence-electron chi connectivity index (χ1n) is 10.4. The number of anilines is 1. The molecule has 0 aliphatic heterocycles. The standard InChI is InChI=1S/C25H27N3O3/c1-15(2)20-13-21-18(12-23(29)31-22(21)11-16(20)3)14-26-24-17(4)27(5)28(25(24)30)19-9-7-6-8-10-19/h6-13,15,26H,14H2,1-5H3. The maximum Gasteiger partial charge on any atom is 0.336 e. The normalized spacial score (nSPS) is 11.4. The molecule has 0 fully saturated rings. The minimum Gasteiger partial charge on any atom is -0.423 e. The van der Waals surface area contributed by atoms with Gasteiger partial charge in [-0.05, 0) is 60.7 Å². The Bertz CT molecular complexity index is 1380. The zero-order valence-electron chi connectivity index (χ0n) is 18.5. The van der Waals surface area contributed by atoms with Crippen molar-refractivity contribution in [2.24, 2.45) is 7.05 Å². The number of para-hydroxylation sites is 1. The molecule has 160 valence electrons. The molecule has 2 aromatic carbocycles. The quantitative estimate of drug-likeness (QED) is 0.481. The van der Waals surface area contributed by atoms with Crippen LogP contribution in [-0.2, 0) is 13.6 Å². The number of aryl methyl sites for hydroxylation is 1. The minimum atomic E-state index is -0.396. The number of nitrogens with one attached hydrogen (secondary N) is 1. The van der Waals surface area contributed by atoms with E-state index in [0.717, 1.165) is 27.9 Å². The highest BCUT2D eigenvalue weighted by Crippen LogP contribution is 2.27. The van der Waals surface area contributed by atoms with E-state index in [-0.39, 0.29) is 5.56 Å². The number of benzene rings is 2. The second-order valence-electron chi connectivity index (χ2n) is 8.24. The summed E-state index contributed by atoms with van der Waals surface area (Å²) in [5.41, 5.74) is 5.30. The molecular weight excluding hydrogens is 390 g/mol. The van der Waals surface area contributed by atoms with E-state index >= 15 is 0 Å². The van der Waals surface area contributed by atoms with Gasteiger partial charge in [-0.2, -0.15) is 0 Å². The molecule has 31 heavy (non-hydrogen) atoms. The Morgan fingerprint density at radius 1 is 1.03 bits per heavy atom. The van der Waals surface area contributed by atoms with Gasteiger partial charge in [0.05, 0.1) is 11.4 Å². The Morgan fingerprint density at radius 2 is 1.74 bits per heavy atom. The van der Waals surface area contributed by atoms with Crippen LogP contribution in [0.2, 0.25) is 0 Å². The summed E-state index contributed by atoms with van der Waals surface area (Å²) >= 11 is 0. The Labute approximate surface area is 180 Å². The van der Waals surface area contributed by atoms with E-state index in [1.807, 2.05) is 62.0 Å². The summed E-state index contributed by atoms with van der Waals surface area (Å²) in [6.07, 6.45) is 0. The SMILES string of the molecule is Cc1cc2oc(=O)cc(CNc3c(C)n(C)n(-c4ccccc4)c3=O)c2cc1C(C)C. The molecule has 0 bridgehead atoms. The van der Waals surface area contributed by atoms with E-state index in [1.165, 1.54) is 11.6 Å². The number of aromatic nitrogens is 2. The molecule has 0 atom stereocenters. The molecule has 0 spiro atoms. The Balaban J connectivity index is 1.76. The van der Waals surface area contributed by atoms with Gasteiger partial charge < -0.3 is 9.73 Å². The van der Waals surface area contributed by atoms with Crippen molar-refractivity contribution in [2.45, 2.75) is 40.2 Å². The lowest BCUT2D eigenvalue weighted by atomic mass is 9.95. The molecule has 0 aliphatic carbocycles. The lowest BCUT2D eigenvalue weighted by Crippen LogP contribution is -2.21. The lowest BCUT2D eigenvalue weighted by molar-refractivity contribution is 0.558. The Kier molecular flexibility index (Phi) is 5.31. The number of hydrogen-bond acceptors (Lipinski definition) is 4. The summed E-state index contributed by atoms with van der Waals surface area (Å²) in [6.45, 7) is 8.56. The molecule has 4 rings (SSSR count). The predicted octanol–water partition coefficient (Wildman–Crippen LogP) is 4.63. The number of fused-ring (bicyclic) bond motifs is 1. The summed E-state index contributed by atoms with van der Waals surface area (Å²) in [4.78, 5) is 25.3. The average molecular weight is 418 g/mol. The topological polar surface area (TPSA) is 69.2 Å². The molecule has 0 radical (unpaired) electrons. The molecular formula is C25H27N3O3. The van der Waals surface area contributed by atoms with Crippen LogP contribution in [0.4, 0.5) is 5.69 Å². The molecule has 2 heterocycles. The van der Waals surface area contributed by atoms with Crippen molar-refractivity contribution in [3.8, 4) is 5.69 Å².